The normalized spacial score (nSPS) is 20.5. The van der Waals surface area contributed by atoms with E-state index in [2.05, 4.69) is 10.5 Å². The molecule has 2 rings (SSSR count). The van der Waals surface area contributed by atoms with Crippen LogP contribution in [0.3, 0.4) is 0 Å². The van der Waals surface area contributed by atoms with Crippen LogP contribution in [0, 0.1) is 0 Å². The predicted molar refractivity (Wildman–Crippen MR) is 74.4 cm³/mol. The SMILES string of the molecule is CC[C@@H](C)c1cc(C(=O)NC2CCS(=O)(=O)CC2)on1. The van der Waals surface area contributed by atoms with Crippen molar-refractivity contribution >= 4 is 15.7 Å². The number of sulfone groups is 1. The molecule has 0 bridgehead atoms. The van der Waals surface area contributed by atoms with E-state index in [-0.39, 0.29) is 35.1 Å². The molecular weight excluding hydrogens is 280 g/mol. The van der Waals surface area contributed by atoms with E-state index in [1.165, 1.54) is 0 Å². The average molecular weight is 300 g/mol. The monoisotopic (exact) mass is 300 g/mol. The van der Waals surface area contributed by atoms with Gasteiger partial charge in [0.15, 0.2) is 0 Å². The van der Waals surface area contributed by atoms with Crippen molar-refractivity contribution in [3.05, 3.63) is 17.5 Å². The maximum Gasteiger partial charge on any atom is 0.290 e. The third-order valence-electron chi connectivity index (χ3n) is 3.76. The minimum atomic E-state index is -2.91. The van der Waals surface area contributed by atoms with Crippen LogP contribution in [0.15, 0.2) is 10.6 Å². The van der Waals surface area contributed by atoms with Gasteiger partial charge in [-0.2, -0.15) is 0 Å². The molecule has 112 valence electrons. The zero-order valence-corrected chi connectivity index (χ0v) is 12.6. The Bertz CT molecular complexity index is 565. The molecule has 7 heteroatoms. The Kier molecular flexibility index (Phi) is 4.47. The van der Waals surface area contributed by atoms with E-state index >= 15 is 0 Å². The van der Waals surface area contributed by atoms with E-state index in [0.717, 1.165) is 12.1 Å². The number of hydrogen-bond donors (Lipinski definition) is 1. The molecule has 0 aromatic carbocycles. The van der Waals surface area contributed by atoms with Gasteiger partial charge >= 0.3 is 0 Å². The molecule has 2 heterocycles. The quantitative estimate of drug-likeness (QED) is 0.910. The van der Waals surface area contributed by atoms with Crippen LogP contribution >= 0.6 is 0 Å². The van der Waals surface area contributed by atoms with E-state index < -0.39 is 9.84 Å². The van der Waals surface area contributed by atoms with Gasteiger partial charge < -0.3 is 9.84 Å². The van der Waals surface area contributed by atoms with E-state index in [4.69, 9.17) is 4.52 Å². The van der Waals surface area contributed by atoms with Gasteiger partial charge in [0.25, 0.3) is 5.91 Å². The molecule has 0 saturated carbocycles. The first-order valence-electron chi connectivity index (χ1n) is 6.89. The van der Waals surface area contributed by atoms with E-state index in [1.807, 2.05) is 13.8 Å². The first-order valence-corrected chi connectivity index (χ1v) is 8.71. The summed E-state index contributed by atoms with van der Waals surface area (Å²) in [6.07, 6.45) is 1.84. The number of hydrogen-bond acceptors (Lipinski definition) is 5. The summed E-state index contributed by atoms with van der Waals surface area (Å²) in [4.78, 5) is 12.0. The molecule has 1 aliphatic rings. The molecule has 1 aliphatic heterocycles. The number of carbonyl (C=O) groups excluding carboxylic acids is 1. The molecule has 1 N–H and O–H groups in total. The van der Waals surface area contributed by atoms with Gasteiger partial charge in [-0.3, -0.25) is 4.79 Å². The molecule has 0 spiro atoms. The lowest BCUT2D eigenvalue weighted by atomic mass is 10.1. The summed E-state index contributed by atoms with van der Waals surface area (Å²) in [5, 5.41) is 6.70. The summed E-state index contributed by atoms with van der Waals surface area (Å²) in [6, 6.07) is 1.55. The highest BCUT2D eigenvalue weighted by atomic mass is 32.2. The highest BCUT2D eigenvalue weighted by molar-refractivity contribution is 7.91. The van der Waals surface area contributed by atoms with Crippen LogP contribution in [0.5, 0.6) is 0 Å². The fraction of sp³-hybridized carbons (Fsp3) is 0.692. The summed E-state index contributed by atoms with van der Waals surface area (Å²) >= 11 is 0. The second-order valence-corrected chi connectivity index (χ2v) is 7.63. The van der Waals surface area contributed by atoms with Crippen molar-refractivity contribution < 1.29 is 17.7 Å². The Hall–Kier alpha value is -1.37. The fourth-order valence-electron chi connectivity index (χ4n) is 2.13. The third-order valence-corrected chi connectivity index (χ3v) is 5.47. The van der Waals surface area contributed by atoms with Crippen LogP contribution in [-0.4, -0.2) is 37.0 Å². The Morgan fingerprint density at radius 3 is 2.75 bits per heavy atom. The number of nitrogens with zero attached hydrogens (tertiary/aromatic N) is 1. The van der Waals surface area contributed by atoms with Crippen molar-refractivity contribution in [2.45, 2.75) is 45.1 Å². The maximum atomic E-state index is 12.0. The van der Waals surface area contributed by atoms with Gasteiger partial charge in [-0.25, -0.2) is 8.42 Å². The van der Waals surface area contributed by atoms with Crippen LogP contribution in [0.25, 0.3) is 0 Å². The third kappa shape index (κ3) is 3.59. The Labute approximate surface area is 118 Å². The van der Waals surface area contributed by atoms with Crippen molar-refractivity contribution in [3.63, 3.8) is 0 Å². The van der Waals surface area contributed by atoms with E-state index in [1.54, 1.807) is 6.07 Å². The van der Waals surface area contributed by atoms with E-state index in [0.29, 0.717) is 12.8 Å². The van der Waals surface area contributed by atoms with Gasteiger partial charge in [-0.05, 0) is 19.3 Å². The largest absolute Gasteiger partial charge is 0.351 e. The molecule has 0 unspecified atom stereocenters. The molecule has 1 atom stereocenters. The van der Waals surface area contributed by atoms with Gasteiger partial charge in [-0.1, -0.05) is 19.0 Å². The van der Waals surface area contributed by atoms with Crippen molar-refractivity contribution in [2.75, 3.05) is 11.5 Å². The molecule has 6 nitrogen and oxygen atoms in total. The molecule has 1 saturated heterocycles. The summed E-state index contributed by atoms with van der Waals surface area (Å²) < 4.78 is 27.7. The number of rotatable bonds is 4. The van der Waals surface area contributed by atoms with Crippen molar-refractivity contribution in [2.24, 2.45) is 0 Å². The molecule has 20 heavy (non-hydrogen) atoms. The minimum absolute atomic E-state index is 0.108. The van der Waals surface area contributed by atoms with Crippen LogP contribution in [0.1, 0.15) is 55.3 Å². The second kappa shape index (κ2) is 5.95. The van der Waals surface area contributed by atoms with Gasteiger partial charge in [0.2, 0.25) is 5.76 Å². The first kappa shape index (κ1) is 15.0. The molecule has 1 aromatic heterocycles. The van der Waals surface area contributed by atoms with Gasteiger partial charge in [0.1, 0.15) is 9.84 Å². The highest BCUT2D eigenvalue weighted by Gasteiger charge is 2.26. The molecule has 1 aromatic rings. The number of amides is 1. The predicted octanol–water partition coefficient (Wildman–Crippen LogP) is 1.50. The lowest BCUT2D eigenvalue weighted by Gasteiger charge is -2.22. The highest BCUT2D eigenvalue weighted by Crippen LogP contribution is 2.19. The lowest BCUT2D eigenvalue weighted by Crippen LogP contribution is -2.40. The van der Waals surface area contributed by atoms with Crippen molar-refractivity contribution in [1.29, 1.82) is 0 Å². The lowest BCUT2D eigenvalue weighted by molar-refractivity contribution is 0.0896. The summed E-state index contributed by atoms with van der Waals surface area (Å²) in [5.41, 5.74) is 0.767. The first-order chi connectivity index (χ1) is 9.41. The molecular formula is C13H20N2O4S. The van der Waals surface area contributed by atoms with Gasteiger partial charge in [0, 0.05) is 18.0 Å². The van der Waals surface area contributed by atoms with Gasteiger partial charge in [0.05, 0.1) is 17.2 Å². The molecule has 1 fully saturated rings. The average Bonchev–Trinajstić information content (AvgIpc) is 2.90. The molecule has 0 radical (unpaired) electrons. The number of nitrogens with one attached hydrogen (secondary N) is 1. The minimum Gasteiger partial charge on any atom is -0.351 e. The number of carbonyl (C=O) groups is 1. The van der Waals surface area contributed by atoms with Crippen LogP contribution in [0.4, 0.5) is 0 Å². The summed E-state index contributed by atoms with van der Waals surface area (Å²) in [5.74, 6) is 0.379. The number of aromatic nitrogens is 1. The zero-order valence-electron chi connectivity index (χ0n) is 11.8. The smallest absolute Gasteiger partial charge is 0.290 e. The van der Waals surface area contributed by atoms with Gasteiger partial charge in [-0.15, -0.1) is 0 Å². The zero-order chi connectivity index (χ0) is 14.8. The van der Waals surface area contributed by atoms with Crippen molar-refractivity contribution in [3.8, 4) is 0 Å². The second-order valence-electron chi connectivity index (χ2n) is 5.32. The van der Waals surface area contributed by atoms with Crippen LogP contribution in [-0.2, 0) is 9.84 Å². The van der Waals surface area contributed by atoms with Crippen molar-refractivity contribution in [1.82, 2.24) is 10.5 Å². The van der Waals surface area contributed by atoms with Crippen LogP contribution in [0.2, 0.25) is 0 Å². The fourth-order valence-corrected chi connectivity index (χ4v) is 3.62. The Morgan fingerprint density at radius 2 is 2.15 bits per heavy atom. The Morgan fingerprint density at radius 1 is 1.50 bits per heavy atom. The molecule has 0 aliphatic carbocycles. The Balaban J connectivity index is 1.94. The van der Waals surface area contributed by atoms with E-state index in [9.17, 15) is 13.2 Å². The maximum absolute atomic E-state index is 12.0. The summed E-state index contributed by atoms with van der Waals surface area (Å²) in [7, 11) is -2.91. The molecule has 1 amide bonds. The topological polar surface area (TPSA) is 89.3 Å². The standard InChI is InChI=1S/C13H20N2O4S/c1-3-9(2)11-8-12(19-15-11)13(16)14-10-4-6-20(17,18)7-5-10/h8-10H,3-7H2,1-2H3,(H,14,16)/t9-/m1/s1. The van der Waals surface area contributed by atoms with Crippen LogP contribution < -0.4 is 5.32 Å². The summed E-state index contributed by atoms with van der Waals surface area (Å²) in [6.45, 7) is 4.06.